The third-order valence-corrected chi connectivity index (χ3v) is 4.73. The number of amides is 2. The fourth-order valence-corrected chi connectivity index (χ4v) is 3.50. The highest BCUT2D eigenvalue weighted by atomic mass is 16.2. The van der Waals surface area contributed by atoms with Crippen LogP contribution in [-0.2, 0) is 16.0 Å². The number of aromatic nitrogens is 1. The van der Waals surface area contributed by atoms with Crippen molar-refractivity contribution >= 4 is 11.8 Å². The van der Waals surface area contributed by atoms with Crippen molar-refractivity contribution in [3.05, 3.63) is 30.1 Å². The Bertz CT molecular complexity index is 526. The number of hydrogen-bond acceptors (Lipinski definition) is 3. The Labute approximate surface area is 131 Å². The molecule has 1 aromatic rings. The molecule has 5 nitrogen and oxygen atoms in total. The average molecular weight is 301 g/mol. The van der Waals surface area contributed by atoms with E-state index in [0.717, 1.165) is 24.8 Å². The Morgan fingerprint density at radius 1 is 1.36 bits per heavy atom. The molecule has 2 aliphatic rings. The van der Waals surface area contributed by atoms with Gasteiger partial charge in [0, 0.05) is 37.9 Å². The van der Waals surface area contributed by atoms with Crippen molar-refractivity contribution in [1.82, 2.24) is 15.2 Å². The van der Waals surface area contributed by atoms with Crippen LogP contribution in [0.2, 0.25) is 0 Å². The summed E-state index contributed by atoms with van der Waals surface area (Å²) in [6.45, 7) is 1.20. The van der Waals surface area contributed by atoms with Gasteiger partial charge in [-0.15, -0.1) is 0 Å². The third-order valence-electron chi connectivity index (χ3n) is 4.73. The highest BCUT2D eigenvalue weighted by Crippen LogP contribution is 2.29. The number of nitrogens with zero attached hydrogens (tertiary/aromatic N) is 2. The molecule has 1 aliphatic heterocycles. The van der Waals surface area contributed by atoms with Gasteiger partial charge in [0.25, 0.3) is 0 Å². The van der Waals surface area contributed by atoms with Crippen molar-refractivity contribution in [2.45, 2.75) is 44.6 Å². The van der Waals surface area contributed by atoms with E-state index in [1.165, 1.54) is 12.8 Å². The summed E-state index contributed by atoms with van der Waals surface area (Å²) >= 11 is 0. The molecule has 2 heterocycles. The summed E-state index contributed by atoms with van der Waals surface area (Å²) in [7, 11) is 0. The second-order valence-electron chi connectivity index (χ2n) is 6.29. The maximum atomic E-state index is 12.2. The van der Waals surface area contributed by atoms with E-state index >= 15 is 0 Å². The van der Waals surface area contributed by atoms with Gasteiger partial charge in [0.15, 0.2) is 0 Å². The molecule has 0 unspecified atom stereocenters. The maximum absolute atomic E-state index is 12.2. The minimum atomic E-state index is -0.179. The number of nitrogens with one attached hydrogen (secondary N) is 1. The summed E-state index contributed by atoms with van der Waals surface area (Å²) in [5.41, 5.74) is 1.11. The fraction of sp³-hybridized carbons (Fsp3) is 0.588. The third kappa shape index (κ3) is 3.46. The molecule has 1 N–H and O–H groups in total. The molecule has 3 rings (SSSR count). The van der Waals surface area contributed by atoms with Crippen LogP contribution in [0.15, 0.2) is 24.5 Å². The maximum Gasteiger partial charge on any atom is 0.225 e. The van der Waals surface area contributed by atoms with Crippen LogP contribution in [0.1, 0.15) is 37.7 Å². The number of carbonyl (C=O) groups excluding carboxylic acids is 2. The van der Waals surface area contributed by atoms with E-state index in [0.29, 0.717) is 25.6 Å². The minimum absolute atomic E-state index is 0.0118. The van der Waals surface area contributed by atoms with Gasteiger partial charge < -0.3 is 10.2 Å². The molecule has 0 bridgehead atoms. The predicted molar refractivity (Wildman–Crippen MR) is 83.0 cm³/mol. The molecule has 118 valence electrons. The van der Waals surface area contributed by atoms with E-state index in [9.17, 15) is 9.59 Å². The normalized spacial score (nSPS) is 22.3. The smallest absolute Gasteiger partial charge is 0.225 e. The second kappa shape index (κ2) is 6.90. The lowest BCUT2D eigenvalue weighted by Crippen LogP contribution is -2.37. The number of rotatable bonds is 5. The van der Waals surface area contributed by atoms with E-state index < -0.39 is 0 Å². The molecule has 5 heteroatoms. The van der Waals surface area contributed by atoms with E-state index in [1.807, 2.05) is 23.2 Å². The van der Waals surface area contributed by atoms with Crippen LogP contribution in [0.4, 0.5) is 0 Å². The number of likely N-dealkylation sites (tertiary alicyclic amines) is 1. The van der Waals surface area contributed by atoms with E-state index in [-0.39, 0.29) is 17.7 Å². The molecule has 0 aromatic carbocycles. The molecule has 1 atom stereocenters. The largest absolute Gasteiger partial charge is 0.355 e. The summed E-state index contributed by atoms with van der Waals surface area (Å²) in [5.74, 6) is -0.0148. The summed E-state index contributed by atoms with van der Waals surface area (Å²) in [6.07, 6.45) is 9.30. The van der Waals surface area contributed by atoms with Crippen LogP contribution >= 0.6 is 0 Å². The molecule has 0 radical (unpaired) electrons. The second-order valence-corrected chi connectivity index (χ2v) is 6.29. The first-order valence-electron chi connectivity index (χ1n) is 8.20. The summed E-state index contributed by atoms with van der Waals surface area (Å²) < 4.78 is 0. The Morgan fingerprint density at radius 2 is 2.18 bits per heavy atom. The monoisotopic (exact) mass is 301 g/mol. The van der Waals surface area contributed by atoms with Crippen molar-refractivity contribution < 1.29 is 9.59 Å². The lowest BCUT2D eigenvalue weighted by molar-refractivity contribution is -0.130. The van der Waals surface area contributed by atoms with Gasteiger partial charge in [-0.25, -0.2) is 0 Å². The molecule has 1 aliphatic carbocycles. The first-order chi connectivity index (χ1) is 10.7. The number of carbonyl (C=O) groups is 2. The number of pyridine rings is 1. The average Bonchev–Trinajstić information content (AvgIpc) is 3.17. The van der Waals surface area contributed by atoms with Gasteiger partial charge in [-0.1, -0.05) is 18.9 Å². The zero-order valence-electron chi connectivity index (χ0n) is 12.8. The standard InChI is InChI=1S/C17H23N3O2/c21-16-10-14(12-20(16)15-5-1-2-6-15)17(22)19-9-7-13-4-3-8-18-11-13/h3-4,8,11,14-15H,1-2,5-7,9-10,12H2,(H,19,22)/t14-/m0/s1. The van der Waals surface area contributed by atoms with Crippen LogP contribution < -0.4 is 5.32 Å². The first-order valence-corrected chi connectivity index (χ1v) is 8.20. The zero-order chi connectivity index (χ0) is 15.4. The SMILES string of the molecule is O=C(NCCc1cccnc1)[C@H]1CC(=O)N(C2CCCC2)C1. The summed E-state index contributed by atoms with van der Waals surface area (Å²) in [5, 5.41) is 2.96. The molecular weight excluding hydrogens is 278 g/mol. The Balaban J connectivity index is 1.45. The van der Waals surface area contributed by atoms with Gasteiger partial charge in [0.2, 0.25) is 11.8 Å². The number of hydrogen-bond donors (Lipinski definition) is 1. The predicted octanol–water partition coefficient (Wildman–Crippen LogP) is 1.53. The zero-order valence-corrected chi connectivity index (χ0v) is 12.8. The topological polar surface area (TPSA) is 62.3 Å². The van der Waals surface area contributed by atoms with Gasteiger partial charge >= 0.3 is 0 Å². The molecule has 1 saturated heterocycles. The Morgan fingerprint density at radius 3 is 2.91 bits per heavy atom. The lowest BCUT2D eigenvalue weighted by Gasteiger charge is -2.23. The van der Waals surface area contributed by atoms with Crippen molar-refractivity contribution in [3.8, 4) is 0 Å². The van der Waals surface area contributed by atoms with E-state index in [2.05, 4.69) is 10.3 Å². The van der Waals surface area contributed by atoms with Crippen LogP contribution in [0, 0.1) is 5.92 Å². The molecule has 2 fully saturated rings. The van der Waals surface area contributed by atoms with Gasteiger partial charge in [0.05, 0.1) is 5.92 Å². The summed E-state index contributed by atoms with van der Waals surface area (Å²) in [6, 6.07) is 4.27. The van der Waals surface area contributed by atoms with Crippen LogP contribution in [-0.4, -0.2) is 40.8 Å². The van der Waals surface area contributed by atoms with Gasteiger partial charge in [-0.2, -0.15) is 0 Å². The molecular formula is C17H23N3O2. The highest BCUT2D eigenvalue weighted by Gasteiger charge is 2.38. The van der Waals surface area contributed by atoms with Crippen molar-refractivity contribution in [1.29, 1.82) is 0 Å². The quantitative estimate of drug-likeness (QED) is 0.897. The fourth-order valence-electron chi connectivity index (χ4n) is 3.50. The van der Waals surface area contributed by atoms with Crippen LogP contribution in [0.25, 0.3) is 0 Å². The lowest BCUT2D eigenvalue weighted by atomic mass is 10.1. The molecule has 0 spiro atoms. The molecule has 1 aromatic heterocycles. The first kappa shape index (κ1) is 15.0. The summed E-state index contributed by atoms with van der Waals surface area (Å²) in [4.78, 5) is 30.3. The van der Waals surface area contributed by atoms with Gasteiger partial charge in [0.1, 0.15) is 0 Å². The molecule has 1 saturated carbocycles. The minimum Gasteiger partial charge on any atom is -0.355 e. The van der Waals surface area contributed by atoms with E-state index in [1.54, 1.807) is 6.20 Å². The molecule has 22 heavy (non-hydrogen) atoms. The molecule has 2 amide bonds. The highest BCUT2D eigenvalue weighted by molar-refractivity contribution is 5.89. The van der Waals surface area contributed by atoms with Crippen molar-refractivity contribution in [2.24, 2.45) is 5.92 Å². The Hall–Kier alpha value is -1.91. The van der Waals surface area contributed by atoms with E-state index in [4.69, 9.17) is 0 Å². The van der Waals surface area contributed by atoms with Gasteiger partial charge in [-0.3, -0.25) is 14.6 Å². The Kier molecular flexibility index (Phi) is 4.71. The van der Waals surface area contributed by atoms with Crippen LogP contribution in [0.3, 0.4) is 0 Å². The van der Waals surface area contributed by atoms with Crippen molar-refractivity contribution in [2.75, 3.05) is 13.1 Å². The van der Waals surface area contributed by atoms with Crippen molar-refractivity contribution in [3.63, 3.8) is 0 Å². The van der Waals surface area contributed by atoms with Gasteiger partial charge in [-0.05, 0) is 30.9 Å². The van der Waals surface area contributed by atoms with Crippen LogP contribution in [0.5, 0.6) is 0 Å².